The highest BCUT2D eigenvalue weighted by Crippen LogP contribution is 2.16. The van der Waals surface area contributed by atoms with Crippen LogP contribution in [-0.2, 0) is 0 Å². The Morgan fingerprint density at radius 1 is 1.50 bits per heavy atom. The summed E-state index contributed by atoms with van der Waals surface area (Å²) >= 11 is 0. The van der Waals surface area contributed by atoms with Crippen molar-refractivity contribution in [3.05, 3.63) is 29.8 Å². The number of hydrogen-bond donors (Lipinski definition) is 1. The van der Waals surface area contributed by atoms with Crippen molar-refractivity contribution in [2.75, 3.05) is 7.05 Å². The molecule has 1 aromatic rings. The maximum absolute atomic E-state index is 11.4. The quantitative estimate of drug-likeness (QED) is 0.830. The van der Waals surface area contributed by atoms with Crippen LogP contribution < -0.4 is 10.1 Å². The van der Waals surface area contributed by atoms with Crippen LogP contribution in [0.4, 0.5) is 0 Å². The third-order valence-corrected chi connectivity index (χ3v) is 2.36. The predicted molar refractivity (Wildman–Crippen MR) is 64.8 cm³/mol. The summed E-state index contributed by atoms with van der Waals surface area (Å²) < 4.78 is 5.71. The van der Waals surface area contributed by atoms with Crippen LogP contribution >= 0.6 is 0 Å². The maximum atomic E-state index is 11.4. The molecule has 0 aromatic heterocycles. The van der Waals surface area contributed by atoms with Gasteiger partial charge in [0.15, 0.2) is 0 Å². The largest absolute Gasteiger partial charge is 0.491 e. The molecule has 0 spiro atoms. The van der Waals surface area contributed by atoms with Crippen molar-refractivity contribution < 1.29 is 9.53 Å². The Labute approximate surface area is 96.8 Å². The summed E-state index contributed by atoms with van der Waals surface area (Å²) in [4.78, 5) is 11.4. The van der Waals surface area contributed by atoms with Gasteiger partial charge in [-0.2, -0.15) is 0 Å². The minimum atomic E-state index is -0.0893. The molecule has 0 saturated heterocycles. The highest BCUT2D eigenvalue weighted by Gasteiger charge is 2.06. The first-order valence-electron chi connectivity index (χ1n) is 5.66. The third-order valence-electron chi connectivity index (χ3n) is 2.36. The monoisotopic (exact) mass is 221 g/mol. The summed E-state index contributed by atoms with van der Waals surface area (Å²) in [5, 5.41) is 2.59. The minimum absolute atomic E-state index is 0.0893. The molecule has 1 atom stereocenters. The Morgan fingerprint density at radius 2 is 2.25 bits per heavy atom. The van der Waals surface area contributed by atoms with E-state index in [1.165, 1.54) is 0 Å². The van der Waals surface area contributed by atoms with Crippen molar-refractivity contribution >= 4 is 5.91 Å². The number of carbonyl (C=O) groups is 1. The average molecular weight is 221 g/mol. The number of benzene rings is 1. The molecular formula is C13H19NO2. The minimum Gasteiger partial charge on any atom is -0.491 e. The number of rotatable bonds is 5. The third kappa shape index (κ3) is 3.57. The van der Waals surface area contributed by atoms with Gasteiger partial charge in [-0.15, -0.1) is 0 Å². The molecule has 88 valence electrons. The fraction of sp³-hybridized carbons (Fsp3) is 0.462. The van der Waals surface area contributed by atoms with Crippen molar-refractivity contribution in [3.63, 3.8) is 0 Å². The number of nitrogens with one attached hydrogen (secondary N) is 1. The molecule has 1 rings (SSSR count). The van der Waals surface area contributed by atoms with Crippen molar-refractivity contribution in [1.29, 1.82) is 0 Å². The second-order valence-electron chi connectivity index (χ2n) is 3.82. The fourth-order valence-corrected chi connectivity index (χ4v) is 1.55. The highest BCUT2D eigenvalue weighted by molar-refractivity contribution is 5.94. The van der Waals surface area contributed by atoms with Gasteiger partial charge in [0, 0.05) is 12.6 Å². The van der Waals surface area contributed by atoms with Crippen LogP contribution in [-0.4, -0.2) is 19.1 Å². The fourth-order valence-electron chi connectivity index (χ4n) is 1.55. The Hall–Kier alpha value is -1.51. The average Bonchev–Trinajstić information content (AvgIpc) is 2.28. The van der Waals surface area contributed by atoms with Gasteiger partial charge in [0.05, 0.1) is 6.10 Å². The van der Waals surface area contributed by atoms with Gasteiger partial charge >= 0.3 is 0 Å². The molecular weight excluding hydrogens is 202 g/mol. The van der Waals surface area contributed by atoms with Crippen LogP contribution in [0.25, 0.3) is 0 Å². The molecule has 1 unspecified atom stereocenters. The maximum Gasteiger partial charge on any atom is 0.251 e. The van der Waals surface area contributed by atoms with E-state index in [-0.39, 0.29) is 12.0 Å². The molecule has 0 bridgehead atoms. The topological polar surface area (TPSA) is 38.3 Å². The van der Waals surface area contributed by atoms with E-state index in [1.54, 1.807) is 19.2 Å². The van der Waals surface area contributed by atoms with E-state index in [4.69, 9.17) is 4.74 Å². The molecule has 1 aromatic carbocycles. The van der Waals surface area contributed by atoms with E-state index in [0.717, 1.165) is 18.6 Å². The summed E-state index contributed by atoms with van der Waals surface area (Å²) in [5.74, 6) is 0.663. The molecule has 1 N–H and O–H groups in total. The SMILES string of the molecule is CCCC(C)Oc1cccc(C(=O)NC)c1. The van der Waals surface area contributed by atoms with Gasteiger partial charge in [0.2, 0.25) is 0 Å². The zero-order chi connectivity index (χ0) is 12.0. The number of amides is 1. The molecule has 0 aliphatic carbocycles. The number of carbonyl (C=O) groups excluding carboxylic acids is 1. The molecule has 0 aliphatic rings. The Morgan fingerprint density at radius 3 is 2.88 bits per heavy atom. The molecule has 3 nitrogen and oxygen atoms in total. The van der Waals surface area contributed by atoms with Crippen LogP contribution in [0.15, 0.2) is 24.3 Å². The Kier molecular flexibility index (Phi) is 4.83. The van der Waals surface area contributed by atoms with Gasteiger partial charge in [0.1, 0.15) is 5.75 Å². The number of ether oxygens (including phenoxy) is 1. The highest BCUT2D eigenvalue weighted by atomic mass is 16.5. The summed E-state index contributed by atoms with van der Waals surface area (Å²) in [6, 6.07) is 7.25. The van der Waals surface area contributed by atoms with Crippen LogP contribution in [0.3, 0.4) is 0 Å². The van der Waals surface area contributed by atoms with Crippen molar-refractivity contribution in [1.82, 2.24) is 5.32 Å². The Bertz CT molecular complexity index is 350. The summed E-state index contributed by atoms with van der Waals surface area (Å²) in [5.41, 5.74) is 0.628. The smallest absolute Gasteiger partial charge is 0.251 e. The number of hydrogen-bond acceptors (Lipinski definition) is 2. The summed E-state index contributed by atoms with van der Waals surface area (Å²) in [6.45, 7) is 4.16. The van der Waals surface area contributed by atoms with Crippen LogP contribution in [0.1, 0.15) is 37.0 Å². The zero-order valence-corrected chi connectivity index (χ0v) is 10.1. The standard InChI is InChI=1S/C13H19NO2/c1-4-6-10(2)16-12-8-5-7-11(9-12)13(15)14-3/h5,7-10H,4,6H2,1-3H3,(H,14,15). The van der Waals surface area contributed by atoms with Crippen LogP contribution in [0, 0.1) is 0 Å². The van der Waals surface area contributed by atoms with Crippen molar-refractivity contribution in [3.8, 4) is 5.75 Å². The lowest BCUT2D eigenvalue weighted by Crippen LogP contribution is -2.18. The first-order chi connectivity index (χ1) is 7.67. The molecule has 0 saturated carbocycles. The molecule has 16 heavy (non-hydrogen) atoms. The molecule has 0 heterocycles. The lowest BCUT2D eigenvalue weighted by molar-refractivity contribution is 0.0962. The summed E-state index contributed by atoms with van der Waals surface area (Å²) in [6.07, 6.45) is 2.30. The van der Waals surface area contributed by atoms with Gasteiger partial charge in [-0.3, -0.25) is 4.79 Å². The second kappa shape index (κ2) is 6.16. The first kappa shape index (κ1) is 12.6. The van der Waals surface area contributed by atoms with Gasteiger partial charge in [-0.05, 0) is 31.5 Å². The van der Waals surface area contributed by atoms with Crippen LogP contribution in [0.2, 0.25) is 0 Å². The van der Waals surface area contributed by atoms with Gasteiger partial charge in [-0.1, -0.05) is 19.4 Å². The molecule has 0 aliphatic heterocycles. The normalized spacial score (nSPS) is 11.9. The molecule has 1 amide bonds. The lowest BCUT2D eigenvalue weighted by atomic mass is 10.2. The van der Waals surface area contributed by atoms with E-state index < -0.39 is 0 Å². The predicted octanol–water partition coefficient (Wildman–Crippen LogP) is 2.61. The van der Waals surface area contributed by atoms with E-state index in [0.29, 0.717) is 5.56 Å². The summed E-state index contributed by atoms with van der Waals surface area (Å²) in [7, 11) is 1.62. The molecule has 0 radical (unpaired) electrons. The van der Waals surface area contributed by atoms with Gasteiger partial charge < -0.3 is 10.1 Å². The zero-order valence-electron chi connectivity index (χ0n) is 10.1. The Balaban J connectivity index is 2.70. The van der Waals surface area contributed by atoms with E-state index in [9.17, 15) is 4.79 Å². The second-order valence-corrected chi connectivity index (χ2v) is 3.82. The van der Waals surface area contributed by atoms with Crippen molar-refractivity contribution in [2.45, 2.75) is 32.8 Å². The van der Waals surface area contributed by atoms with Crippen LogP contribution in [0.5, 0.6) is 5.75 Å². The van der Waals surface area contributed by atoms with E-state index in [2.05, 4.69) is 12.2 Å². The molecule has 0 fully saturated rings. The molecule has 3 heteroatoms. The lowest BCUT2D eigenvalue weighted by Gasteiger charge is -2.14. The van der Waals surface area contributed by atoms with Gasteiger partial charge in [0.25, 0.3) is 5.91 Å². The van der Waals surface area contributed by atoms with Gasteiger partial charge in [-0.25, -0.2) is 0 Å². The van der Waals surface area contributed by atoms with E-state index in [1.807, 2.05) is 19.1 Å². The first-order valence-corrected chi connectivity index (χ1v) is 5.66. The van der Waals surface area contributed by atoms with E-state index >= 15 is 0 Å². The van der Waals surface area contributed by atoms with Crippen molar-refractivity contribution in [2.24, 2.45) is 0 Å².